The zero-order valence-corrected chi connectivity index (χ0v) is 12.7. The summed E-state index contributed by atoms with van der Waals surface area (Å²) >= 11 is 0. The van der Waals surface area contributed by atoms with E-state index in [0.717, 1.165) is 43.6 Å². The van der Waals surface area contributed by atoms with Crippen molar-refractivity contribution < 1.29 is 4.79 Å². The minimum atomic E-state index is -0.00264. The predicted molar refractivity (Wildman–Crippen MR) is 82.9 cm³/mol. The molecule has 0 aromatic heterocycles. The molecular weight excluding hydrogens is 250 g/mol. The molecule has 1 aromatic carbocycles. The van der Waals surface area contributed by atoms with E-state index in [1.54, 1.807) is 6.07 Å². The molecule has 4 heteroatoms. The number of hydrogen-bond donors (Lipinski definition) is 2. The van der Waals surface area contributed by atoms with E-state index in [2.05, 4.69) is 17.1 Å². The number of likely N-dealkylation sites (N-methyl/N-ethyl adjacent to an activating group) is 1. The lowest BCUT2D eigenvalue weighted by Crippen LogP contribution is -2.47. The number of anilines is 1. The number of nitrogens with one attached hydrogen (secondary N) is 1. The van der Waals surface area contributed by atoms with Gasteiger partial charge < -0.3 is 16.0 Å². The second-order valence-corrected chi connectivity index (χ2v) is 5.73. The third-order valence-electron chi connectivity index (χ3n) is 4.15. The number of carbonyl (C=O) groups is 1. The molecule has 1 aromatic rings. The van der Waals surface area contributed by atoms with Crippen LogP contribution in [0.4, 0.5) is 5.69 Å². The van der Waals surface area contributed by atoms with E-state index in [-0.39, 0.29) is 11.9 Å². The van der Waals surface area contributed by atoms with Crippen LogP contribution in [-0.2, 0) is 0 Å². The lowest BCUT2D eigenvalue weighted by molar-refractivity contribution is 0.0905. The first kappa shape index (κ1) is 14.9. The molecule has 1 heterocycles. The van der Waals surface area contributed by atoms with Crippen LogP contribution in [0.25, 0.3) is 0 Å². The van der Waals surface area contributed by atoms with Gasteiger partial charge in [-0.1, -0.05) is 13.0 Å². The van der Waals surface area contributed by atoms with Crippen LogP contribution in [0.3, 0.4) is 0 Å². The van der Waals surface area contributed by atoms with Gasteiger partial charge in [0, 0.05) is 23.8 Å². The lowest BCUT2D eigenvalue weighted by Gasteiger charge is -2.32. The maximum Gasteiger partial charge on any atom is 0.251 e. The van der Waals surface area contributed by atoms with Gasteiger partial charge in [-0.3, -0.25) is 4.79 Å². The van der Waals surface area contributed by atoms with Crippen molar-refractivity contribution in [1.29, 1.82) is 0 Å². The molecule has 1 fully saturated rings. The van der Waals surface area contributed by atoms with Gasteiger partial charge in [0.25, 0.3) is 5.91 Å². The van der Waals surface area contributed by atoms with Gasteiger partial charge in [-0.05, 0) is 57.0 Å². The number of carbonyl (C=O) groups excluding carboxylic acids is 1. The quantitative estimate of drug-likeness (QED) is 0.831. The smallest absolute Gasteiger partial charge is 0.251 e. The summed E-state index contributed by atoms with van der Waals surface area (Å²) in [6.07, 6.45) is 2.20. The Morgan fingerprint density at radius 1 is 1.40 bits per heavy atom. The predicted octanol–water partition coefficient (Wildman–Crippen LogP) is 2.10. The summed E-state index contributed by atoms with van der Waals surface area (Å²) in [5.74, 6) is -0.00264. The number of benzene rings is 1. The van der Waals surface area contributed by atoms with E-state index in [4.69, 9.17) is 5.73 Å². The summed E-state index contributed by atoms with van der Waals surface area (Å²) in [4.78, 5) is 14.8. The van der Waals surface area contributed by atoms with E-state index >= 15 is 0 Å². The van der Waals surface area contributed by atoms with Gasteiger partial charge in [-0.25, -0.2) is 0 Å². The van der Waals surface area contributed by atoms with Crippen LogP contribution in [0.15, 0.2) is 12.1 Å². The number of nitrogens with two attached hydrogens (primary N) is 1. The van der Waals surface area contributed by atoms with Crippen molar-refractivity contribution in [3.05, 3.63) is 28.8 Å². The molecule has 1 saturated heterocycles. The average Bonchev–Trinajstić information content (AvgIpc) is 2.43. The first-order valence-corrected chi connectivity index (χ1v) is 7.41. The molecule has 1 unspecified atom stereocenters. The number of aryl methyl sites for hydroxylation is 2. The fourth-order valence-electron chi connectivity index (χ4n) is 2.84. The molecule has 0 aliphatic carbocycles. The molecule has 0 saturated carbocycles. The lowest BCUT2D eigenvalue weighted by atomic mass is 10.0. The third kappa shape index (κ3) is 3.31. The van der Waals surface area contributed by atoms with E-state index in [9.17, 15) is 4.79 Å². The Kier molecular flexibility index (Phi) is 4.65. The molecule has 0 bridgehead atoms. The van der Waals surface area contributed by atoms with Crippen molar-refractivity contribution >= 4 is 11.6 Å². The van der Waals surface area contributed by atoms with Gasteiger partial charge in [-0.2, -0.15) is 0 Å². The Balaban J connectivity index is 2.06. The third-order valence-corrected chi connectivity index (χ3v) is 4.15. The summed E-state index contributed by atoms with van der Waals surface area (Å²) in [7, 11) is 0. The molecule has 1 amide bonds. The van der Waals surface area contributed by atoms with Gasteiger partial charge in [-0.15, -0.1) is 0 Å². The van der Waals surface area contributed by atoms with Crippen molar-refractivity contribution in [2.24, 2.45) is 0 Å². The van der Waals surface area contributed by atoms with Crippen LogP contribution in [0, 0.1) is 13.8 Å². The summed E-state index contributed by atoms with van der Waals surface area (Å²) in [6.45, 7) is 9.21. The minimum absolute atomic E-state index is 0.00264. The maximum absolute atomic E-state index is 12.4. The molecule has 0 radical (unpaired) electrons. The Morgan fingerprint density at radius 2 is 2.15 bits per heavy atom. The van der Waals surface area contributed by atoms with E-state index in [1.807, 2.05) is 19.9 Å². The fraction of sp³-hybridized carbons (Fsp3) is 0.562. The van der Waals surface area contributed by atoms with Crippen LogP contribution in [-0.4, -0.2) is 36.5 Å². The Labute approximate surface area is 121 Å². The minimum Gasteiger partial charge on any atom is -0.398 e. The topological polar surface area (TPSA) is 58.4 Å². The highest BCUT2D eigenvalue weighted by molar-refractivity contribution is 5.96. The van der Waals surface area contributed by atoms with Gasteiger partial charge >= 0.3 is 0 Å². The summed E-state index contributed by atoms with van der Waals surface area (Å²) in [5.41, 5.74) is 9.30. The number of nitrogen functional groups attached to an aromatic ring is 1. The number of likely N-dealkylation sites (tertiary alicyclic amines) is 1. The van der Waals surface area contributed by atoms with E-state index < -0.39 is 0 Å². The molecule has 1 aliphatic rings. The van der Waals surface area contributed by atoms with Crippen LogP contribution in [0.2, 0.25) is 0 Å². The van der Waals surface area contributed by atoms with Gasteiger partial charge in [0.2, 0.25) is 0 Å². The van der Waals surface area contributed by atoms with Crippen molar-refractivity contribution in [3.8, 4) is 0 Å². The molecule has 110 valence electrons. The fourth-order valence-corrected chi connectivity index (χ4v) is 2.84. The molecule has 2 rings (SSSR count). The highest BCUT2D eigenvalue weighted by Gasteiger charge is 2.21. The second kappa shape index (κ2) is 6.27. The molecule has 3 N–H and O–H groups in total. The summed E-state index contributed by atoms with van der Waals surface area (Å²) < 4.78 is 0. The van der Waals surface area contributed by atoms with Crippen LogP contribution in [0.5, 0.6) is 0 Å². The Hall–Kier alpha value is -1.55. The summed E-state index contributed by atoms with van der Waals surface area (Å²) in [5, 5.41) is 3.15. The normalized spacial score (nSPS) is 19.9. The zero-order chi connectivity index (χ0) is 14.7. The van der Waals surface area contributed by atoms with E-state index in [1.165, 1.54) is 0 Å². The Bertz CT molecular complexity index is 499. The van der Waals surface area contributed by atoms with Crippen molar-refractivity contribution in [2.45, 2.75) is 39.7 Å². The first-order chi connectivity index (χ1) is 9.51. The molecule has 20 heavy (non-hydrogen) atoms. The highest BCUT2D eigenvalue weighted by atomic mass is 16.1. The highest BCUT2D eigenvalue weighted by Crippen LogP contribution is 2.18. The largest absolute Gasteiger partial charge is 0.398 e. The van der Waals surface area contributed by atoms with E-state index in [0.29, 0.717) is 11.3 Å². The average molecular weight is 275 g/mol. The van der Waals surface area contributed by atoms with Gasteiger partial charge in [0.05, 0.1) is 0 Å². The van der Waals surface area contributed by atoms with Crippen molar-refractivity contribution in [2.75, 3.05) is 25.4 Å². The van der Waals surface area contributed by atoms with Crippen LogP contribution < -0.4 is 11.1 Å². The number of piperidine rings is 1. The maximum atomic E-state index is 12.4. The molecular formula is C16H25N3O. The molecule has 1 aliphatic heterocycles. The zero-order valence-electron chi connectivity index (χ0n) is 12.7. The van der Waals surface area contributed by atoms with Crippen LogP contribution >= 0.6 is 0 Å². The monoisotopic (exact) mass is 275 g/mol. The number of rotatable bonds is 3. The van der Waals surface area contributed by atoms with Gasteiger partial charge in [0.1, 0.15) is 0 Å². The van der Waals surface area contributed by atoms with Gasteiger partial charge in [0.15, 0.2) is 0 Å². The number of hydrogen-bond acceptors (Lipinski definition) is 3. The van der Waals surface area contributed by atoms with Crippen molar-refractivity contribution in [1.82, 2.24) is 10.2 Å². The Morgan fingerprint density at radius 3 is 2.85 bits per heavy atom. The van der Waals surface area contributed by atoms with Crippen LogP contribution in [0.1, 0.15) is 41.3 Å². The molecule has 1 atom stereocenters. The summed E-state index contributed by atoms with van der Waals surface area (Å²) in [6, 6.07) is 4.02. The number of nitrogens with zero attached hydrogens (tertiary/aromatic N) is 1. The molecule has 4 nitrogen and oxygen atoms in total. The molecule has 0 spiro atoms. The standard InChI is InChI=1S/C16H25N3O/c1-4-19-7-5-6-13(10-19)18-16(20)14-9-15(17)12(3)8-11(14)2/h8-9,13H,4-7,10,17H2,1-3H3,(H,18,20). The number of amides is 1. The second-order valence-electron chi connectivity index (χ2n) is 5.73. The first-order valence-electron chi connectivity index (χ1n) is 7.41. The SMILES string of the molecule is CCN1CCCC(NC(=O)c2cc(N)c(C)cc2C)C1. The van der Waals surface area contributed by atoms with Crippen molar-refractivity contribution in [3.63, 3.8) is 0 Å².